The fourth-order valence-electron chi connectivity index (χ4n) is 2.90. The van der Waals surface area contributed by atoms with Crippen molar-refractivity contribution in [3.63, 3.8) is 0 Å². The number of ether oxygens (including phenoxy) is 1. The third kappa shape index (κ3) is 5.42. The van der Waals surface area contributed by atoms with Gasteiger partial charge in [0, 0.05) is 36.1 Å². The van der Waals surface area contributed by atoms with Crippen LogP contribution in [0.1, 0.15) is 39.0 Å². The molecule has 3 rings (SSSR count). The molecule has 2 N–H and O–H groups in total. The number of methoxy groups -OCH3 is 1. The first-order valence-electron chi connectivity index (χ1n) is 9.32. The number of thiocarbonyl (C=S) groups is 1. The number of benzene rings is 1. The number of carbonyl (C=O) groups excluding carboxylic acids is 1. The van der Waals surface area contributed by atoms with Gasteiger partial charge in [-0.15, -0.1) is 11.3 Å². The molecular weight excluding hydrogens is 404 g/mol. The highest BCUT2D eigenvalue weighted by atomic mass is 32.1. The summed E-state index contributed by atoms with van der Waals surface area (Å²) >= 11 is 6.94. The molecule has 0 aliphatic carbocycles. The molecule has 0 aliphatic rings. The van der Waals surface area contributed by atoms with Gasteiger partial charge >= 0.3 is 5.97 Å². The number of hydrogen-bond acceptors (Lipinski definition) is 5. The number of anilines is 1. The second-order valence-corrected chi connectivity index (χ2v) is 8.06. The van der Waals surface area contributed by atoms with E-state index in [0.717, 1.165) is 29.1 Å². The summed E-state index contributed by atoms with van der Waals surface area (Å²) in [6.45, 7) is 5.41. The fourth-order valence-corrected chi connectivity index (χ4v) is 4.22. The molecule has 0 atom stereocenters. The van der Waals surface area contributed by atoms with Crippen LogP contribution in [-0.4, -0.2) is 28.0 Å². The Morgan fingerprint density at radius 3 is 2.72 bits per heavy atom. The average molecular weight is 429 g/mol. The largest absolute Gasteiger partial charge is 0.465 e. The van der Waals surface area contributed by atoms with Gasteiger partial charge in [-0.1, -0.05) is 30.3 Å². The molecular formula is C21H24N4O2S2. The van der Waals surface area contributed by atoms with Gasteiger partial charge < -0.3 is 15.4 Å². The first-order valence-corrected chi connectivity index (χ1v) is 10.5. The van der Waals surface area contributed by atoms with E-state index < -0.39 is 0 Å². The molecule has 8 heteroatoms. The molecule has 0 amide bonds. The van der Waals surface area contributed by atoms with E-state index >= 15 is 0 Å². The maximum atomic E-state index is 12.2. The van der Waals surface area contributed by atoms with Crippen LogP contribution < -0.4 is 10.6 Å². The Morgan fingerprint density at radius 1 is 1.31 bits per heavy atom. The van der Waals surface area contributed by atoms with Gasteiger partial charge in [-0.2, -0.15) is 5.10 Å². The van der Waals surface area contributed by atoms with E-state index in [1.54, 1.807) is 0 Å². The summed E-state index contributed by atoms with van der Waals surface area (Å²) in [6.07, 6.45) is 2.75. The topological polar surface area (TPSA) is 68.2 Å². The van der Waals surface area contributed by atoms with E-state index in [9.17, 15) is 4.79 Å². The van der Waals surface area contributed by atoms with Crippen molar-refractivity contribution in [3.8, 4) is 0 Å². The lowest BCUT2D eigenvalue weighted by atomic mass is 10.1. The van der Waals surface area contributed by atoms with Gasteiger partial charge in [0.25, 0.3) is 0 Å². The molecule has 3 aromatic rings. The van der Waals surface area contributed by atoms with Crippen molar-refractivity contribution in [1.29, 1.82) is 0 Å². The number of nitrogens with zero attached hydrogens (tertiary/aromatic N) is 2. The maximum Gasteiger partial charge on any atom is 0.340 e. The molecule has 2 aromatic heterocycles. The fraction of sp³-hybridized carbons (Fsp3) is 0.286. The number of hydrogen-bond donors (Lipinski definition) is 2. The van der Waals surface area contributed by atoms with Crippen LogP contribution in [0.25, 0.3) is 0 Å². The zero-order valence-corrected chi connectivity index (χ0v) is 18.3. The minimum atomic E-state index is -0.383. The highest BCUT2D eigenvalue weighted by Crippen LogP contribution is 2.30. The summed E-state index contributed by atoms with van der Waals surface area (Å²) in [5.74, 6) is -0.383. The Hall–Kier alpha value is -2.71. The molecule has 0 aliphatic heterocycles. The summed E-state index contributed by atoms with van der Waals surface area (Å²) in [5, 5.41) is 11.9. The van der Waals surface area contributed by atoms with Gasteiger partial charge in [-0.3, -0.25) is 4.68 Å². The second kappa shape index (κ2) is 9.67. The molecule has 1 aromatic carbocycles. The molecule has 2 heterocycles. The van der Waals surface area contributed by atoms with Gasteiger partial charge in [0.1, 0.15) is 5.00 Å². The molecule has 0 spiro atoms. The predicted octanol–water partition coefficient (Wildman–Crippen LogP) is 4.14. The van der Waals surface area contributed by atoms with Crippen LogP contribution in [0.15, 0.2) is 42.6 Å². The van der Waals surface area contributed by atoms with Crippen LogP contribution in [0.5, 0.6) is 0 Å². The monoisotopic (exact) mass is 428 g/mol. The predicted molar refractivity (Wildman–Crippen MR) is 121 cm³/mol. The molecule has 29 heavy (non-hydrogen) atoms. The average Bonchev–Trinajstić information content (AvgIpc) is 3.29. The number of nitrogens with one attached hydrogen (secondary N) is 2. The lowest BCUT2D eigenvalue weighted by Gasteiger charge is -2.10. The van der Waals surface area contributed by atoms with Gasteiger partial charge in [0.2, 0.25) is 0 Å². The molecule has 6 nitrogen and oxygen atoms in total. The van der Waals surface area contributed by atoms with Crippen molar-refractivity contribution in [2.45, 2.75) is 33.4 Å². The minimum absolute atomic E-state index is 0.383. The van der Waals surface area contributed by atoms with E-state index in [-0.39, 0.29) is 5.97 Å². The molecule has 0 saturated carbocycles. The van der Waals surface area contributed by atoms with Crippen molar-refractivity contribution in [1.82, 2.24) is 15.1 Å². The molecule has 0 saturated heterocycles. The zero-order valence-electron chi connectivity index (χ0n) is 16.7. The first kappa shape index (κ1) is 21.0. The van der Waals surface area contributed by atoms with Gasteiger partial charge in [-0.05, 0) is 37.7 Å². The summed E-state index contributed by atoms with van der Waals surface area (Å²) < 4.78 is 6.83. The van der Waals surface area contributed by atoms with E-state index in [0.29, 0.717) is 22.2 Å². The van der Waals surface area contributed by atoms with Crippen LogP contribution in [-0.2, 0) is 24.2 Å². The maximum absolute atomic E-state index is 12.2. The van der Waals surface area contributed by atoms with Gasteiger partial charge in [-0.25, -0.2) is 4.79 Å². The Bertz CT molecular complexity index is 996. The highest BCUT2D eigenvalue weighted by molar-refractivity contribution is 7.80. The van der Waals surface area contributed by atoms with Crippen molar-refractivity contribution < 1.29 is 9.53 Å². The molecule has 152 valence electrons. The Morgan fingerprint density at radius 2 is 2.07 bits per heavy atom. The number of carbonyl (C=O) groups is 1. The molecule has 0 radical (unpaired) electrons. The molecule has 0 bridgehead atoms. The lowest BCUT2D eigenvalue weighted by molar-refractivity contribution is 0.0602. The summed E-state index contributed by atoms with van der Waals surface area (Å²) in [6, 6.07) is 12.0. The quantitative estimate of drug-likeness (QED) is 0.436. The van der Waals surface area contributed by atoms with Crippen LogP contribution >= 0.6 is 23.6 Å². The van der Waals surface area contributed by atoms with Crippen molar-refractivity contribution in [3.05, 3.63) is 69.9 Å². The zero-order chi connectivity index (χ0) is 20.8. The number of esters is 1. The smallest absolute Gasteiger partial charge is 0.340 e. The van der Waals surface area contributed by atoms with E-state index in [1.807, 2.05) is 49.0 Å². The van der Waals surface area contributed by atoms with Crippen LogP contribution in [0.4, 0.5) is 5.00 Å². The highest BCUT2D eigenvalue weighted by Gasteiger charge is 2.18. The number of aryl methyl sites for hydroxylation is 2. The summed E-state index contributed by atoms with van der Waals surface area (Å²) in [4.78, 5) is 13.3. The second-order valence-electron chi connectivity index (χ2n) is 6.51. The van der Waals surface area contributed by atoms with Crippen LogP contribution in [0.3, 0.4) is 0 Å². The summed E-state index contributed by atoms with van der Waals surface area (Å²) in [7, 11) is 1.38. The number of thiophene rings is 1. The van der Waals surface area contributed by atoms with E-state index in [2.05, 4.69) is 27.9 Å². The lowest BCUT2D eigenvalue weighted by Crippen LogP contribution is -2.28. The third-order valence-corrected chi connectivity index (χ3v) is 5.74. The normalized spacial score (nSPS) is 10.6. The molecule has 0 unspecified atom stereocenters. The number of aromatic nitrogens is 2. The minimum Gasteiger partial charge on any atom is -0.465 e. The SMILES string of the molecule is CCn1cc(CNC(=S)Nc2sc(Cc3ccccc3)cc2C(=O)OC)c(C)n1. The van der Waals surface area contributed by atoms with Crippen LogP contribution in [0, 0.1) is 6.92 Å². The van der Waals surface area contributed by atoms with Gasteiger partial charge in [0.15, 0.2) is 5.11 Å². The Balaban J connectivity index is 1.70. The Kier molecular flexibility index (Phi) is 7.00. The standard InChI is InChI=1S/C21H24N4O2S2/c1-4-25-13-16(14(2)24-25)12-22-21(28)23-19-18(20(26)27-3)11-17(29-19)10-15-8-6-5-7-9-15/h5-9,11,13H,4,10,12H2,1-3H3,(H2,22,23,28). The summed E-state index contributed by atoms with van der Waals surface area (Å²) in [5.41, 5.74) is 3.72. The van der Waals surface area contributed by atoms with E-state index in [4.69, 9.17) is 17.0 Å². The van der Waals surface area contributed by atoms with Crippen LogP contribution in [0.2, 0.25) is 0 Å². The number of rotatable bonds is 7. The van der Waals surface area contributed by atoms with Crippen molar-refractivity contribution >= 4 is 39.6 Å². The Labute approximate surface area is 179 Å². The van der Waals surface area contributed by atoms with Gasteiger partial charge in [0.05, 0.1) is 18.4 Å². The van der Waals surface area contributed by atoms with Crippen molar-refractivity contribution in [2.24, 2.45) is 0 Å². The van der Waals surface area contributed by atoms with E-state index in [1.165, 1.54) is 24.0 Å². The van der Waals surface area contributed by atoms with Crippen molar-refractivity contribution in [2.75, 3.05) is 12.4 Å². The first-order chi connectivity index (χ1) is 14.0. The third-order valence-electron chi connectivity index (χ3n) is 4.45. The molecule has 0 fully saturated rings.